The Kier molecular flexibility index (Phi) is 6.59. The molecule has 9 heteroatoms. The minimum Gasteiger partial charge on any atom is -0.384 e. The van der Waals surface area contributed by atoms with E-state index in [1.807, 2.05) is 6.92 Å². The minimum absolute atomic E-state index is 0.0540. The average Bonchev–Trinajstić information content (AvgIpc) is 2.45. The van der Waals surface area contributed by atoms with E-state index in [-0.39, 0.29) is 17.2 Å². The van der Waals surface area contributed by atoms with Crippen molar-refractivity contribution >= 4 is 25.7 Å². The van der Waals surface area contributed by atoms with E-state index in [0.717, 1.165) is 6.42 Å². The molecule has 0 radical (unpaired) electrons. The molecule has 1 rings (SSSR count). The first-order valence-electron chi connectivity index (χ1n) is 6.55. The zero-order valence-electron chi connectivity index (χ0n) is 12.1. The summed E-state index contributed by atoms with van der Waals surface area (Å²) in [5.41, 5.74) is 0.663. The molecule has 120 valence electrons. The second kappa shape index (κ2) is 7.74. The molecule has 0 aliphatic heterocycles. The minimum atomic E-state index is -3.47. The first-order chi connectivity index (χ1) is 9.80. The van der Waals surface area contributed by atoms with Gasteiger partial charge in [0.2, 0.25) is 20.0 Å². The van der Waals surface area contributed by atoms with Gasteiger partial charge in [0.25, 0.3) is 0 Å². The van der Waals surface area contributed by atoms with Crippen molar-refractivity contribution < 1.29 is 16.8 Å². The first-order valence-corrected chi connectivity index (χ1v) is 9.69. The molecule has 0 saturated heterocycles. The molecular formula is C12H21N3O4S2. The van der Waals surface area contributed by atoms with Gasteiger partial charge < -0.3 is 5.32 Å². The Balaban J connectivity index is 2.62. The normalized spacial score (nSPS) is 12.3. The predicted octanol–water partition coefficient (Wildman–Crippen LogP) is 0.336. The van der Waals surface area contributed by atoms with E-state index < -0.39 is 20.0 Å². The van der Waals surface area contributed by atoms with Gasteiger partial charge in [-0.25, -0.2) is 26.3 Å². The van der Waals surface area contributed by atoms with Gasteiger partial charge >= 0.3 is 0 Å². The summed E-state index contributed by atoms with van der Waals surface area (Å²) in [6.45, 7) is 2.52. The molecular weight excluding hydrogens is 314 g/mol. The molecule has 7 nitrogen and oxygen atoms in total. The van der Waals surface area contributed by atoms with Crippen LogP contribution in [0.5, 0.6) is 0 Å². The molecule has 21 heavy (non-hydrogen) atoms. The standard InChI is InChI=1S/C12H21N3O4S2/c1-3-8-15-21(18,19)12-6-4-11(5-7-12)14-9-10-20(16,17)13-2/h4-7,13-15H,3,8-10H2,1-2H3. The van der Waals surface area contributed by atoms with E-state index in [0.29, 0.717) is 12.2 Å². The van der Waals surface area contributed by atoms with Crippen molar-refractivity contribution in [2.45, 2.75) is 18.2 Å². The zero-order chi connectivity index (χ0) is 15.9. The molecule has 0 aliphatic carbocycles. The summed E-state index contributed by atoms with van der Waals surface area (Å²) in [5.74, 6) is -0.0540. The number of anilines is 1. The van der Waals surface area contributed by atoms with Gasteiger partial charge in [-0.05, 0) is 37.7 Å². The first kappa shape index (κ1) is 17.9. The largest absolute Gasteiger partial charge is 0.384 e. The number of rotatable bonds is 9. The molecule has 0 amide bonds. The quantitative estimate of drug-likeness (QED) is 0.603. The summed E-state index contributed by atoms with van der Waals surface area (Å²) in [6.07, 6.45) is 0.721. The Labute approximate surface area is 126 Å². The van der Waals surface area contributed by atoms with Crippen molar-refractivity contribution in [1.29, 1.82) is 0 Å². The zero-order valence-corrected chi connectivity index (χ0v) is 13.7. The fourth-order valence-electron chi connectivity index (χ4n) is 1.50. The molecule has 3 N–H and O–H groups in total. The smallest absolute Gasteiger partial charge is 0.240 e. The maximum Gasteiger partial charge on any atom is 0.240 e. The Morgan fingerprint density at radius 2 is 1.62 bits per heavy atom. The molecule has 1 aromatic carbocycles. The molecule has 0 bridgehead atoms. The Morgan fingerprint density at radius 1 is 1.00 bits per heavy atom. The molecule has 0 fully saturated rings. The Hall–Kier alpha value is -1.16. The lowest BCUT2D eigenvalue weighted by atomic mass is 10.3. The fourth-order valence-corrected chi connectivity index (χ4v) is 3.21. The van der Waals surface area contributed by atoms with E-state index >= 15 is 0 Å². The topological polar surface area (TPSA) is 104 Å². The number of benzene rings is 1. The summed E-state index contributed by atoms with van der Waals surface area (Å²) in [6, 6.07) is 6.17. The summed E-state index contributed by atoms with van der Waals surface area (Å²) in [7, 11) is -5.36. The van der Waals surface area contributed by atoms with E-state index in [9.17, 15) is 16.8 Å². The van der Waals surface area contributed by atoms with Crippen LogP contribution in [-0.4, -0.2) is 42.7 Å². The van der Waals surface area contributed by atoms with Crippen LogP contribution in [0.3, 0.4) is 0 Å². The van der Waals surface area contributed by atoms with Gasteiger partial charge in [0.1, 0.15) is 0 Å². The van der Waals surface area contributed by atoms with Crippen LogP contribution in [0, 0.1) is 0 Å². The van der Waals surface area contributed by atoms with Gasteiger partial charge in [0, 0.05) is 18.8 Å². The van der Waals surface area contributed by atoms with Crippen molar-refractivity contribution in [3.05, 3.63) is 24.3 Å². The van der Waals surface area contributed by atoms with Crippen molar-refractivity contribution in [3.8, 4) is 0 Å². The van der Waals surface area contributed by atoms with Crippen LogP contribution in [-0.2, 0) is 20.0 Å². The summed E-state index contributed by atoms with van der Waals surface area (Å²) in [4.78, 5) is 0.185. The Morgan fingerprint density at radius 3 is 2.14 bits per heavy atom. The predicted molar refractivity (Wildman–Crippen MR) is 83.3 cm³/mol. The van der Waals surface area contributed by atoms with Crippen LogP contribution in [0.15, 0.2) is 29.2 Å². The molecule has 0 aromatic heterocycles. The highest BCUT2D eigenvalue weighted by atomic mass is 32.2. The molecule has 0 aliphatic rings. The van der Waals surface area contributed by atoms with Gasteiger partial charge in [-0.2, -0.15) is 0 Å². The monoisotopic (exact) mass is 335 g/mol. The van der Waals surface area contributed by atoms with Gasteiger partial charge in [0.15, 0.2) is 0 Å². The van der Waals surface area contributed by atoms with Crippen molar-refractivity contribution in [3.63, 3.8) is 0 Å². The number of hydrogen-bond donors (Lipinski definition) is 3. The van der Waals surface area contributed by atoms with E-state index in [4.69, 9.17) is 0 Å². The van der Waals surface area contributed by atoms with Gasteiger partial charge in [-0.15, -0.1) is 0 Å². The van der Waals surface area contributed by atoms with Crippen LogP contribution in [0.25, 0.3) is 0 Å². The average molecular weight is 335 g/mol. The summed E-state index contributed by atoms with van der Waals surface area (Å²) < 4.78 is 50.9. The third kappa shape index (κ3) is 6.00. The fraction of sp³-hybridized carbons (Fsp3) is 0.500. The van der Waals surface area contributed by atoms with Crippen LogP contribution < -0.4 is 14.8 Å². The van der Waals surface area contributed by atoms with Crippen molar-refractivity contribution in [2.24, 2.45) is 0 Å². The molecule has 1 aromatic rings. The van der Waals surface area contributed by atoms with Gasteiger partial charge in [0.05, 0.1) is 10.6 Å². The summed E-state index contributed by atoms with van der Waals surface area (Å²) >= 11 is 0. The lowest BCUT2D eigenvalue weighted by molar-refractivity contribution is 0.580. The van der Waals surface area contributed by atoms with Gasteiger partial charge in [-0.3, -0.25) is 0 Å². The van der Waals surface area contributed by atoms with Crippen molar-refractivity contribution in [1.82, 2.24) is 9.44 Å². The third-order valence-corrected chi connectivity index (χ3v) is 5.56. The van der Waals surface area contributed by atoms with Crippen LogP contribution in [0.4, 0.5) is 5.69 Å². The number of sulfonamides is 2. The molecule has 0 spiro atoms. The second-order valence-corrected chi connectivity index (χ2v) is 8.18. The third-order valence-electron chi connectivity index (χ3n) is 2.72. The number of nitrogens with one attached hydrogen (secondary N) is 3. The highest BCUT2D eigenvalue weighted by Gasteiger charge is 2.12. The van der Waals surface area contributed by atoms with Crippen molar-refractivity contribution in [2.75, 3.05) is 31.2 Å². The second-order valence-electron chi connectivity index (χ2n) is 4.37. The maximum absolute atomic E-state index is 11.9. The molecule has 0 atom stereocenters. The maximum atomic E-state index is 11.9. The Bertz CT molecular complexity index is 640. The van der Waals surface area contributed by atoms with E-state index in [2.05, 4.69) is 14.8 Å². The van der Waals surface area contributed by atoms with Crippen LogP contribution in [0.1, 0.15) is 13.3 Å². The van der Waals surface area contributed by atoms with Crippen LogP contribution in [0.2, 0.25) is 0 Å². The lowest BCUT2D eigenvalue weighted by Crippen LogP contribution is -2.26. The highest BCUT2D eigenvalue weighted by molar-refractivity contribution is 7.89. The SMILES string of the molecule is CCCNS(=O)(=O)c1ccc(NCCS(=O)(=O)NC)cc1. The summed E-state index contributed by atoms with van der Waals surface area (Å²) in [5, 5.41) is 2.92. The number of hydrogen-bond acceptors (Lipinski definition) is 5. The highest BCUT2D eigenvalue weighted by Crippen LogP contribution is 2.13. The van der Waals surface area contributed by atoms with Crippen LogP contribution >= 0.6 is 0 Å². The van der Waals surface area contributed by atoms with E-state index in [1.54, 1.807) is 12.1 Å². The molecule has 0 heterocycles. The molecule has 0 saturated carbocycles. The lowest BCUT2D eigenvalue weighted by Gasteiger charge is -2.09. The van der Waals surface area contributed by atoms with Gasteiger partial charge in [-0.1, -0.05) is 6.92 Å². The van der Waals surface area contributed by atoms with E-state index in [1.165, 1.54) is 19.2 Å². The molecule has 0 unspecified atom stereocenters.